The normalized spacial score (nSPS) is 10.2. The van der Waals surface area contributed by atoms with Crippen molar-refractivity contribution in [3.05, 3.63) is 29.8 Å². The van der Waals surface area contributed by atoms with Crippen molar-refractivity contribution >= 4 is 23.0 Å². The first kappa shape index (κ1) is 14.8. The molecule has 0 heterocycles. The molecule has 0 spiro atoms. The number of hydrogen-bond acceptors (Lipinski definition) is 2. The van der Waals surface area contributed by atoms with E-state index in [1.807, 2.05) is 6.92 Å². The maximum Gasteiger partial charge on any atom is 0.182 e. The van der Waals surface area contributed by atoms with Gasteiger partial charge in [-0.15, -0.1) is 0 Å². The van der Waals surface area contributed by atoms with Crippen molar-refractivity contribution in [2.75, 3.05) is 25.1 Å². The van der Waals surface area contributed by atoms with E-state index in [2.05, 4.69) is 10.6 Å². The number of thiocarbonyl (C=S) groups is 1. The third kappa shape index (κ3) is 4.93. The number of benzene rings is 1. The fourth-order valence-electron chi connectivity index (χ4n) is 1.29. The minimum atomic E-state index is -0.934. The predicted molar refractivity (Wildman–Crippen MR) is 71.7 cm³/mol. The van der Waals surface area contributed by atoms with Gasteiger partial charge in [-0.3, -0.25) is 0 Å². The van der Waals surface area contributed by atoms with Gasteiger partial charge in [-0.2, -0.15) is 0 Å². The molecular weight excluding hydrogens is 258 g/mol. The van der Waals surface area contributed by atoms with Gasteiger partial charge in [0.2, 0.25) is 0 Å². The minimum absolute atomic E-state index is 0.0253. The van der Waals surface area contributed by atoms with Crippen LogP contribution in [0.3, 0.4) is 0 Å². The summed E-state index contributed by atoms with van der Waals surface area (Å²) in [6.07, 6.45) is 0.793. The predicted octanol–water partition coefficient (Wildman–Crippen LogP) is 2.68. The summed E-state index contributed by atoms with van der Waals surface area (Å²) in [7, 11) is 0. The van der Waals surface area contributed by atoms with Crippen LogP contribution in [-0.4, -0.2) is 24.9 Å². The molecule has 0 atom stereocenters. The van der Waals surface area contributed by atoms with Crippen molar-refractivity contribution in [1.82, 2.24) is 5.32 Å². The maximum atomic E-state index is 13.3. The molecule has 18 heavy (non-hydrogen) atoms. The largest absolute Gasteiger partial charge is 0.382 e. The Morgan fingerprint density at radius 1 is 1.39 bits per heavy atom. The van der Waals surface area contributed by atoms with E-state index >= 15 is 0 Å². The van der Waals surface area contributed by atoms with Gasteiger partial charge in [-0.1, -0.05) is 6.07 Å². The van der Waals surface area contributed by atoms with Crippen molar-refractivity contribution in [1.29, 1.82) is 0 Å². The van der Waals surface area contributed by atoms with E-state index in [1.165, 1.54) is 12.1 Å². The summed E-state index contributed by atoms with van der Waals surface area (Å²) in [5.41, 5.74) is 0.0253. The van der Waals surface area contributed by atoms with E-state index < -0.39 is 11.6 Å². The SMILES string of the molecule is CCOCCCNC(=S)Nc1cccc(F)c1F. The highest BCUT2D eigenvalue weighted by molar-refractivity contribution is 7.80. The van der Waals surface area contributed by atoms with Gasteiger partial charge in [-0.25, -0.2) is 8.78 Å². The van der Waals surface area contributed by atoms with E-state index in [0.29, 0.717) is 19.8 Å². The number of rotatable bonds is 6. The summed E-state index contributed by atoms with van der Waals surface area (Å²) in [6, 6.07) is 3.89. The van der Waals surface area contributed by atoms with Crippen LogP contribution < -0.4 is 10.6 Å². The van der Waals surface area contributed by atoms with Crippen LogP contribution in [0.5, 0.6) is 0 Å². The van der Waals surface area contributed by atoms with Crippen LogP contribution in [0.1, 0.15) is 13.3 Å². The summed E-state index contributed by atoms with van der Waals surface area (Å²) in [5, 5.41) is 5.75. The molecule has 0 aromatic heterocycles. The van der Waals surface area contributed by atoms with Crippen molar-refractivity contribution < 1.29 is 13.5 Å². The van der Waals surface area contributed by atoms with Crippen molar-refractivity contribution in [3.8, 4) is 0 Å². The second kappa shape index (κ2) is 7.94. The molecule has 0 fully saturated rings. The van der Waals surface area contributed by atoms with Crippen molar-refractivity contribution in [2.24, 2.45) is 0 Å². The fraction of sp³-hybridized carbons (Fsp3) is 0.417. The summed E-state index contributed by atoms with van der Waals surface area (Å²) < 4.78 is 31.4. The van der Waals surface area contributed by atoms with Crippen molar-refractivity contribution in [3.63, 3.8) is 0 Å². The van der Waals surface area contributed by atoms with Crippen LogP contribution in [-0.2, 0) is 4.74 Å². The lowest BCUT2D eigenvalue weighted by molar-refractivity contribution is 0.146. The Morgan fingerprint density at radius 3 is 2.89 bits per heavy atom. The lowest BCUT2D eigenvalue weighted by atomic mass is 10.3. The smallest absolute Gasteiger partial charge is 0.182 e. The molecule has 1 rings (SSSR count). The second-order valence-electron chi connectivity index (χ2n) is 3.53. The molecule has 0 aliphatic heterocycles. The van der Waals surface area contributed by atoms with Crippen LogP contribution in [0.15, 0.2) is 18.2 Å². The Bertz CT molecular complexity index is 402. The summed E-state index contributed by atoms with van der Waals surface area (Å²) >= 11 is 4.96. The van der Waals surface area contributed by atoms with Gasteiger partial charge >= 0.3 is 0 Å². The summed E-state index contributed by atoms with van der Waals surface area (Å²) in [6.45, 7) is 3.85. The summed E-state index contributed by atoms with van der Waals surface area (Å²) in [5.74, 6) is -1.84. The third-order valence-corrected chi connectivity index (χ3v) is 2.40. The molecule has 0 saturated carbocycles. The monoisotopic (exact) mass is 274 g/mol. The number of nitrogens with one attached hydrogen (secondary N) is 2. The Kier molecular flexibility index (Phi) is 6.53. The molecule has 0 amide bonds. The molecule has 0 bridgehead atoms. The zero-order valence-corrected chi connectivity index (χ0v) is 10.9. The van der Waals surface area contributed by atoms with E-state index in [9.17, 15) is 8.78 Å². The van der Waals surface area contributed by atoms with Crippen LogP contribution in [0, 0.1) is 11.6 Å². The lowest BCUT2D eigenvalue weighted by Gasteiger charge is -2.11. The van der Waals surface area contributed by atoms with E-state index in [1.54, 1.807) is 0 Å². The highest BCUT2D eigenvalue weighted by Crippen LogP contribution is 2.16. The molecule has 0 saturated heterocycles. The zero-order valence-electron chi connectivity index (χ0n) is 10.1. The highest BCUT2D eigenvalue weighted by Gasteiger charge is 2.08. The maximum absolute atomic E-state index is 13.3. The Labute approximate surface area is 111 Å². The molecule has 100 valence electrons. The first-order valence-electron chi connectivity index (χ1n) is 5.71. The molecular formula is C12H16F2N2OS. The first-order valence-corrected chi connectivity index (χ1v) is 6.12. The van der Waals surface area contributed by atoms with Crippen LogP contribution in [0.25, 0.3) is 0 Å². The molecule has 6 heteroatoms. The Balaban J connectivity index is 2.34. The second-order valence-corrected chi connectivity index (χ2v) is 3.94. The number of ether oxygens (including phenoxy) is 1. The van der Waals surface area contributed by atoms with Gasteiger partial charge in [0, 0.05) is 19.8 Å². The standard InChI is InChI=1S/C12H16F2N2OS/c1-2-17-8-4-7-15-12(18)16-10-6-3-5-9(13)11(10)14/h3,5-6H,2,4,7-8H2,1H3,(H2,15,16,18). The molecule has 1 aromatic rings. The van der Waals surface area contributed by atoms with Gasteiger partial charge in [-0.05, 0) is 37.7 Å². The Hall–Kier alpha value is -1.27. The molecule has 0 aliphatic rings. The molecule has 0 aliphatic carbocycles. The van der Waals surface area contributed by atoms with Crippen molar-refractivity contribution in [2.45, 2.75) is 13.3 Å². The van der Waals surface area contributed by atoms with E-state index in [4.69, 9.17) is 17.0 Å². The molecule has 0 unspecified atom stereocenters. The number of hydrogen-bond donors (Lipinski definition) is 2. The average Bonchev–Trinajstić information content (AvgIpc) is 2.35. The van der Waals surface area contributed by atoms with Crippen LogP contribution >= 0.6 is 12.2 Å². The van der Waals surface area contributed by atoms with Gasteiger partial charge in [0.15, 0.2) is 16.7 Å². The minimum Gasteiger partial charge on any atom is -0.382 e. The first-order chi connectivity index (χ1) is 8.65. The topological polar surface area (TPSA) is 33.3 Å². The zero-order chi connectivity index (χ0) is 13.4. The highest BCUT2D eigenvalue weighted by atomic mass is 32.1. The van der Waals surface area contributed by atoms with Gasteiger partial charge in [0.1, 0.15) is 0 Å². The van der Waals surface area contributed by atoms with Crippen LogP contribution in [0.4, 0.5) is 14.5 Å². The van der Waals surface area contributed by atoms with E-state index in [0.717, 1.165) is 12.5 Å². The lowest BCUT2D eigenvalue weighted by Crippen LogP contribution is -2.30. The van der Waals surface area contributed by atoms with E-state index in [-0.39, 0.29) is 10.8 Å². The molecule has 2 N–H and O–H groups in total. The Morgan fingerprint density at radius 2 is 2.17 bits per heavy atom. The fourth-order valence-corrected chi connectivity index (χ4v) is 1.50. The quantitative estimate of drug-likeness (QED) is 0.617. The number of anilines is 1. The van der Waals surface area contributed by atoms with Gasteiger partial charge in [0.25, 0.3) is 0 Å². The van der Waals surface area contributed by atoms with Gasteiger partial charge < -0.3 is 15.4 Å². The summed E-state index contributed by atoms with van der Waals surface area (Å²) in [4.78, 5) is 0. The van der Waals surface area contributed by atoms with Crippen LogP contribution in [0.2, 0.25) is 0 Å². The molecule has 3 nitrogen and oxygen atoms in total. The number of halogens is 2. The third-order valence-electron chi connectivity index (χ3n) is 2.15. The molecule has 0 radical (unpaired) electrons. The molecule has 1 aromatic carbocycles. The average molecular weight is 274 g/mol. The van der Waals surface area contributed by atoms with Gasteiger partial charge in [0.05, 0.1) is 5.69 Å².